The summed E-state index contributed by atoms with van der Waals surface area (Å²) < 4.78 is 16.3. The van der Waals surface area contributed by atoms with Crippen molar-refractivity contribution in [2.75, 3.05) is 39.6 Å². The van der Waals surface area contributed by atoms with Crippen molar-refractivity contribution in [3.8, 4) is 11.5 Å². The first-order valence-corrected chi connectivity index (χ1v) is 6.63. The number of hydrogen-bond donors (Lipinski definition) is 2. The normalized spacial score (nSPS) is 15.3. The van der Waals surface area contributed by atoms with E-state index in [9.17, 15) is 0 Å². The van der Waals surface area contributed by atoms with Gasteiger partial charge in [-0.1, -0.05) is 6.07 Å². The topological polar surface area (TPSA) is 60.0 Å². The molecule has 1 heterocycles. The molecule has 5 heteroatoms. The predicted octanol–water partition coefficient (Wildman–Crippen LogP) is 1.12. The van der Waals surface area contributed by atoms with Crippen LogP contribution in [0.15, 0.2) is 18.2 Å². The number of aliphatic hydroxyl groups is 1. The van der Waals surface area contributed by atoms with Crippen LogP contribution in [-0.4, -0.2) is 44.7 Å². The maximum absolute atomic E-state index is 8.59. The fraction of sp³-hybridized carbons (Fsp3) is 0.571. The van der Waals surface area contributed by atoms with Gasteiger partial charge in [-0.3, -0.25) is 0 Å². The highest BCUT2D eigenvalue weighted by atomic mass is 16.6. The Kier molecular flexibility index (Phi) is 5.44. The minimum Gasteiger partial charge on any atom is -0.486 e. The van der Waals surface area contributed by atoms with Crippen LogP contribution < -0.4 is 14.8 Å². The molecule has 1 atom stereocenters. The van der Waals surface area contributed by atoms with Gasteiger partial charge in [0.15, 0.2) is 11.5 Å². The molecule has 1 unspecified atom stereocenters. The lowest BCUT2D eigenvalue weighted by Gasteiger charge is -2.21. The lowest BCUT2D eigenvalue weighted by atomic mass is 10.1. The second kappa shape index (κ2) is 7.33. The number of nitrogens with one attached hydrogen (secondary N) is 1. The lowest BCUT2D eigenvalue weighted by Crippen LogP contribution is -2.24. The van der Waals surface area contributed by atoms with E-state index in [1.54, 1.807) is 0 Å². The van der Waals surface area contributed by atoms with Crippen molar-refractivity contribution in [1.29, 1.82) is 0 Å². The molecule has 0 aromatic heterocycles. The van der Waals surface area contributed by atoms with E-state index in [1.807, 2.05) is 18.2 Å². The molecule has 0 aliphatic carbocycles. The molecule has 1 aromatic carbocycles. The Balaban J connectivity index is 1.83. The number of benzene rings is 1. The maximum atomic E-state index is 8.59. The summed E-state index contributed by atoms with van der Waals surface area (Å²) >= 11 is 0. The molecule has 2 rings (SSSR count). The first-order valence-electron chi connectivity index (χ1n) is 6.63. The third kappa shape index (κ3) is 4.09. The molecule has 1 aromatic rings. The Bertz CT molecular complexity index is 397. The third-order valence-corrected chi connectivity index (χ3v) is 3.00. The second-order valence-electron chi connectivity index (χ2n) is 4.41. The number of hydrogen-bond acceptors (Lipinski definition) is 5. The van der Waals surface area contributed by atoms with Crippen LogP contribution in [0.3, 0.4) is 0 Å². The average molecular weight is 267 g/mol. The molecular formula is C14H21NO4. The standard InChI is InChI=1S/C14H21NO4/c1-11(15-4-6-17-7-5-16)12-2-3-13-14(10-12)19-9-8-18-13/h2-3,10-11,15-16H,4-9H2,1H3. The summed E-state index contributed by atoms with van der Waals surface area (Å²) in [4.78, 5) is 0. The lowest BCUT2D eigenvalue weighted by molar-refractivity contribution is 0.0928. The molecule has 1 aliphatic rings. The highest BCUT2D eigenvalue weighted by molar-refractivity contribution is 5.44. The zero-order chi connectivity index (χ0) is 13.5. The summed E-state index contributed by atoms with van der Waals surface area (Å²) in [7, 11) is 0. The smallest absolute Gasteiger partial charge is 0.161 e. The summed E-state index contributed by atoms with van der Waals surface area (Å²) in [5.41, 5.74) is 1.16. The van der Waals surface area contributed by atoms with Crippen molar-refractivity contribution in [3.05, 3.63) is 23.8 Å². The van der Waals surface area contributed by atoms with E-state index in [1.165, 1.54) is 0 Å². The van der Waals surface area contributed by atoms with Crippen molar-refractivity contribution in [2.24, 2.45) is 0 Å². The summed E-state index contributed by atoms with van der Waals surface area (Å²) in [6.45, 7) is 5.11. The van der Waals surface area contributed by atoms with E-state index in [0.29, 0.717) is 26.4 Å². The van der Waals surface area contributed by atoms with Crippen LogP contribution in [0, 0.1) is 0 Å². The molecule has 0 saturated heterocycles. The van der Waals surface area contributed by atoms with Gasteiger partial charge in [-0.15, -0.1) is 0 Å². The van der Waals surface area contributed by atoms with Gasteiger partial charge in [-0.25, -0.2) is 0 Å². The van der Waals surface area contributed by atoms with Gasteiger partial charge in [0.05, 0.1) is 19.8 Å². The molecule has 0 fully saturated rings. The molecule has 0 bridgehead atoms. The van der Waals surface area contributed by atoms with Gasteiger partial charge in [0.2, 0.25) is 0 Å². The minimum absolute atomic E-state index is 0.0672. The Hall–Kier alpha value is -1.30. The van der Waals surface area contributed by atoms with Crippen LogP contribution in [-0.2, 0) is 4.74 Å². The average Bonchev–Trinajstić information content (AvgIpc) is 2.46. The largest absolute Gasteiger partial charge is 0.486 e. The van der Waals surface area contributed by atoms with E-state index in [-0.39, 0.29) is 12.6 Å². The van der Waals surface area contributed by atoms with E-state index < -0.39 is 0 Å². The van der Waals surface area contributed by atoms with Crippen LogP contribution in [0.4, 0.5) is 0 Å². The fourth-order valence-electron chi connectivity index (χ4n) is 1.96. The molecular weight excluding hydrogens is 246 g/mol. The molecule has 2 N–H and O–H groups in total. The Labute approximate surface area is 113 Å². The molecule has 0 saturated carbocycles. The maximum Gasteiger partial charge on any atom is 0.161 e. The first kappa shape index (κ1) is 14.1. The van der Waals surface area contributed by atoms with Crippen molar-refractivity contribution < 1.29 is 19.3 Å². The summed E-state index contributed by atoms with van der Waals surface area (Å²) in [5.74, 6) is 1.63. The minimum atomic E-state index is 0.0672. The molecule has 0 radical (unpaired) electrons. The number of aliphatic hydroxyl groups excluding tert-OH is 1. The van der Waals surface area contributed by atoms with Gasteiger partial charge in [-0.05, 0) is 24.6 Å². The molecule has 19 heavy (non-hydrogen) atoms. The van der Waals surface area contributed by atoms with E-state index >= 15 is 0 Å². The van der Waals surface area contributed by atoms with E-state index in [2.05, 4.69) is 12.2 Å². The SMILES string of the molecule is CC(NCCOCCO)c1ccc2c(c1)OCCO2. The first-order chi connectivity index (χ1) is 9.31. The Morgan fingerprint density at radius 3 is 2.84 bits per heavy atom. The van der Waals surface area contributed by atoms with Crippen molar-refractivity contribution in [2.45, 2.75) is 13.0 Å². The zero-order valence-electron chi connectivity index (χ0n) is 11.2. The third-order valence-electron chi connectivity index (χ3n) is 3.00. The summed E-state index contributed by atoms with van der Waals surface area (Å²) in [6, 6.07) is 6.22. The van der Waals surface area contributed by atoms with Gasteiger partial charge in [0.1, 0.15) is 13.2 Å². The van der Waals surface area contributed by atoms with Crippen LogP contribution in [0.5, 0.6) is 11.5 Å². The molecule has 0 amide bonds. The fourth-order valence-corrected chi connectivity index (χ4v) is 1.96. The van der Waals surface area contributed by atoms with Crippen molar-refractivity contribution in [3.63, 3.8) is 0 Å². The second-order valence-corrected chi connectivity index (χ2v) is 4.41. The number of ether oxygens (including phenoxy) is 3. The monoisotopic (exact) mass is 267 g/mol. The van der Waals surface area contributed by atoms with Gasteiger partial charge in [0, 0.05) is 12.6 Å². The van der Waals surface area contributed by atoms with E-state index in [4.69, 9.17) is 19.3 Å². The van der Waals surface area contributed by atoms with Crippen LogP contribution >= 0.6 is 0 Å². The summed E-state index contributed by atoms with van der Waals surface area (Å²) in [5, 5.41) is 12.0. The van der Waals surface area contributed by atoms with Crippen LogP contribution in [0.25, 0.3) is 0 Å². The summed E-state index contributed by atoms with van der Waals surface area (Å²) in [6.07, 6.45) is 0. The zero-order valence-corrected chi connectivity index (χ0v) is 11.2. The van der Waals surface area contributed by atoms with Crippen LogP contribution in [0.2, 0.25) is 0 Å². The van der Waals surface area contributed by atoms with Gasteiger partial charge in [0.25, 0.3) is 0 Å². The molecule has 5 nitrogen and oxygen atoms in total. The van der Waals surface area contributed by atoms with E-state index in [0.717, 1.165) is 23.6 Å². The van der Waals surface area contributed by atoms with Gasteiger partial charge in [-0.2, -0.15) is 0 Å². The number of rotatable bonds is 7. The van der Waals surface area contributed by atoms with Crippen LogP contribution in [0.1, 0.15) is 18.5 Å². The quantitative estimate of drug-likeness (QED) is 0.725. The van der Waals surface area contributed by atoms with Crippen molar-refractivity contribution in [1.82, 2.24) is 5.32 Å². The van der Waals surface area contributed by atoms with Gasteiger partial charge < -0.3 is 24.6 Å². The molecule has 106 valence electrons. The molecule has 0 spiro atoms. The molecule has 1 aliphatic heterocycles. The van der Waals surface area contributed by atoms with Crippen molar-refractivity contribution >= 4 is 0 Å². The highest BCUT2D eigenvalue weighted by Crippen LogP contribution is 2.32. The highest BCUT2D eigenvalue weighted by Gasteiger charge is 2.13. The Morgan fingerprint density at radius 1 is 1.26 bits per heavy atom. The number of fused-ring (bicyclic) bond motifs is 1. The predicted molar refractivity (Wildman–Crippen MR) is 71.8 cm³/mol. The Morgan fingerprint density at radius 2 is 2.05 bits per heavy atom. The van der Waals surface area contributed by atoms with Gasteiger partial charge >= 0.3 is 0 Å².